The molecule has 2 rings (SSSR count). The Morgan fingerprint density at radius 2 is 1.68 bits per heavy atom. The molecule has 2 N–H and O–H groups in total. The summed E-state index contributed by atoms with van der Waals surface area (Å²) in [5, 5.41) is 5.52. The summed E-state index contributed by atoms with van der Waals surface area (Å²) in [6.07, 6.45) is 2.02. The fourth-order valence-corrected chi connectivity index (χ4v) is 2.43. The molecule has 2 aromatic carbocycles. The number of benzene rings is 2. The van der Waals surface area contributed by atoms with E-state index in [0.29, 0.717) is 6.54 Å². The van der Waals surface area contributed by atoms with E-state index in [1.54, 1.807) is 17.8 Å². The van der Waals surface area contributed by atoms with Gasteiger partial charge in [-0.05, 0) is 41.6 Å². The van der Waals surface area contributed by atoms with Gasteiger partial charge in [0.1, 0.15) is 5.82 Å². The summed E-state index contributed by atoms with van der Waals surface area (Å²) >= 11 is 7.36. The van der Waals surface area contributed by atoms with Gasteiger partial charge >= 0.3 is 6.03 Å². The first-order chi connectivity index (χ1) is 10.6. The number of amides is 2. The summed E-state index contributed by atoms with van der Waals surface area (Å²) in [6, 6.07) is 12.1. The van der Waals surface area contributed by atoms with Gasteiger partial charge in [-0.3, -0.25) is 0 Å². The molecule has 0 aliphatic rings. The Hall–Kier alpha value is -1.72. The van der Waals surface area contributed by atoms with Crippen molar-refractivity contribution in [3.8, 4) is 0 Å². The first kappa shape index (κ1) is 16.6. The maximum Gasteiger partial charge on any atom is 0.315 e. The molecule has 0 atom stereocenters. The number of nitrogens with one attached hydrogen (secondary N) is 2. The molecule has 0 saturated heterocycles. The molecule has 0 spiro atoms. The van der Waals surface area contributed by atoms with Crippen LogP contribution < -0.4 is 10.6 Å². The highest BCUT2D eigenvalue weighted by Crippen LogP contribution is 2.16. The average Bonchev–Trinajstić information content (AvgIpc) is 2.54. The molecule has 116 valence electrons. The summed E-state index contributed by atoms with van der Waals surface area (Å²) in [6.45, 7) is 0.738. The second kappa shape index (κ2) is 8.06. The minimum atomic E-state index is -0.469. The normalized spacial score (nSPS) is 10.3. The number of halogens is 2. The zero-order chi connectivity index (χ0) is 15.9. The zero-order valence-electron chi connectivity index (χ0n) is 12.0. The van der Waals surface area contributed by atoms with Crippen molar-refractivity contribution in [1.29, 1.82) is 0 Å². The highest BCUT2D eigenvalue weighted by molar-refractivity contribution is 7.98. The molecule has 3 nitrogen and oxygen atoms in total. The van der Waals surface area contributed by atoms with Crippen molar-refractivity contribution in [3.05, 3.63) is 64.4 Å². The van der Waals surface area contributed by atoms with Crippen LogP contribution in [0.15, 0.2) is 47.4 Å². The van der Waals surface area contributed by atoms with Gasteiger partial charge in [-0.15, -0.1) is 11.8 Å². The van der Waals surface area contributed by atoms with Crippen molar-refractivity contribution in [2.75, 3.05) is 6.26 Å². The minimum absolute atomic E-state index is 0.0496. The number of rotatable bonds is 5. The monoisotopic (exact) mass is 338 g/mol. The van der Waals surface area contributed by atoms with Crippen molar-refractivity contribution < 1.29 is 9.18 Å². The number of hydrogen-bond donors (Lipinski definition) is 2. The summed E-state index contributed by atoms with van der Waals surface area (Å²) in [5.74, 6) is -0.469. The standard InChI is InChI=1S/C16H16ClFN2OS/c1-22-13-5-2-11(3-6-13)9-19-16(21)20-10-12-4-7-15(18)14(17)8-12/h2-8H,9-10H2,1H3,(H2,19,20,21). The lowest BCUT2D eigenvalue weighted by Crippen LogP contribution is -2.34. The third-order valence-electron chi connectivity index (χ3n) is 3.05. The van der Waals surface area contributed by atoms with Crippen molar-refractivity contribution in [2.24, 2.45) is 0 Å². The Morgan fingerprint density at radius 1 is 1.09 bits per heavy atom. The second-order valence-electron chi connectivity index (χ2n) is 4.63. The maximum atomic E-state index is 13.0. The van der Waals surface area contributed by atoms with Crippen LogP contribution in [0.2, 0.25) is 5.02 Å². The van der Waals surface area contributed by atoms with Crippen molar-refractivity contribution in [1.82, 2.24) is 10.6 Å². The highest BCUT2D eigenvalue weighted by Gasteiger charge is 2.04. The molecule has 2 aromatic rings. The number of urea groups is 1. The smallest absolute Gasteiger partial charge is 0.315 e. The summed E-state index contributed by atoms with van der Waals surface area (Å²) in [5.41, 5.74) is 1.77. The lowest BCUT2D eigenvalue weighted by Gasteiger charge is -2.08. The number of carbonyl (C=O) groups is 1. The Kier molecular flexibility index (Phi) is 6.10. The van der Waals surface area contributed by atoms with Crippen LogP contribution in [0.3, 0.4) is 0 Å². The molecule has 0 unspecified atom stereocenters. The Bertz CT molecular complexity index is 649. The number of thioether (sulfide) groups is 1. The predicted molar refractivity (Wildman–Crippen MR) is 88.7 cm³/mol. The van der Waals surface area contributed by atoms with Crippen molar-refractivity contribution in [3.63, 3.8) is 0 Å². The molecule has 0 radical (unpaired) electrons. The predicted octanol–water partition coefficient (Wildman–Crippen LogP) is 4.20. The molecule has 6 heteroatoms. The van der Waals surface area contributed by atoms with Gasteiger partial charge in [0, 0.05) is 18.0 Å². The van der Waals surface area contributed by atoms with Crippen LogP contribution in [-0.2, 0) is 13.1 Å². The fourth-order valence-electron chi connectivity index (χ4n) is 1.82. The zero-order valence-corrected chi connectivity index (χ0v) is 13.6. The second-order valence-corrected chi connectivity index (χ2v) is 5.92. The molecule has 0 aromatic heterocycles. The van der Waals surface area contributed by atoms with Gasteiger partial charge in [0.15, 0.2) is 0 Å². The lowest BCUT2D eigenvalue weighted by atomic mass is 10.2. The number of carbonyl (C=O) groups excluding carboxylic acids is 1. The quantitative estimate of drug-likeness (QED) is 0.802. The van der Waals surface area contributed by atoms with Crippen LogP contribution in [-0.4, -0.2) is 12.3 Å². The van der Waals surface area contributed by atoms with Crippen molar-refractivity contribution >= 4 is 29.4 Å². The summed E-state index contributed by atoms with van der Waals surface area (Å²) in [7, 11) is 0. The van der Waals surface area contributed by atoms with E-state index < -0.39 is 5.82 Å². The summed E-state index contributed by atoms with van der Waals surface area (Å²) in [4.78, 5) is 12.9. The molecule has 0 heterocycles. The molecule has 0 aliphatic carbocycles. The first-order valence-electron chi connectivity index (χ1n) is 6.67. The Balaban J connectivity index is 1.78. The summed E-state index contributed by atoms with van der Waals surface area (Å²) < 4.78 is 13.0. The van der Waals surface area contributed by atoms with E-state index in [-0.39, 0.29) is 17.6 Å². The molecular weight excluding hydrogens is 323 g/mol. The molecule has 0 aliphatic heterocycles. The van der Waals surface area contributed by atoms with Gasteiger partial charge in [0.2, 0.25) is 0 Å². The molecule has 0 fully saturated rings. The highest BCUT2D eigenvalue weighted by atomic mass is 35.5. The van der Waals surface area contributed by atoms with E-state index in [2.05, 4.69) is 10.6 Å². The Labute approximate surface area is 138 Å². The number of hydrogen-bond acceptors (Lipinski definition) is 2. The van der Waals surface area contributed by atoms with Gasteiger partial charge in [0.05, 0.1) is 5.02 Å². The first-order valence-corrected chi connectivity index (χ1v) is 8.27. The van der Waals surface area contributed by atoms with Crippen LogP contribution in [0.5, 0.6) is 0 Å². The van der Waals surface area contributed by atoms with E-state index in [1.165, 1.54) is 17.0 Å². The van der Waals surface area contributed by atoms with E-state index in [1.807, 2.05) is 30.5 Å². The van der Waals surface area contributed by atoms with Crippen LogP contribution >= 0.6 is 23.4 Å². The molecule has 0 saturated carbocycles. The lowest BCUT2D eigenvalue weighted by molar-refractivity contribution is 0.240. The third-order valence-corrected chi connectivity index (χ3v) is 4.08. The van der Waals surface area contributed by atoms with Gasteiger partial charge < -0.3 is 10.6 Å². The van der Waals surface area contributed by atoms with Crippen LogP contribution in [0.4, 0.5) is 9.18 Å². The van der Waals surface area contributed by atoms with E-state index in [4.69, 9.17) is 11.6 Å². The molecule has 22 heavy (non-hydrogen) atoms. The SMILES string of the molecule is CSc1ccc(CNC(=O)NCc2ccc(F)c(Cl)c2)cc1. The maximum absolute atomic E-state index is 13.0. The topological polar surface area (TPSA) is 41.1 Å². The largest absolute Gasteiger partial charge is 0.334 e. The third kappa shape index (κ3) is 4.93. The Morgan fingerprint density at radius 3 is 2.27 bits per heavy atom. The molecule has 2 amide bonds. The van der Waals surface area contributed by atoms with E-state index in [0.717, 1.165) is 11.1 Å². The van der Waals surface area contributed by atoms with Gasteiger partial charge in [0.25, 0.3) is 0 Å². The van der Waals surface area contributed by atoms with Crippen LogP contribution in [0.25, 0.3) is 0 Å². The van der Waals surface area contributed by atoms with Crippen molar-refractivity contribution in [2.45, 2.75) is 18.0 Å². The average molecular weight is 339 g/mol. The van der Waals surface area contributed by atoms with Gasteiger partial charge in [-0.2, -0.15) is 0 Å². The van der Waals surface area contributed by atoms with E-state index >= 15 is 0 Å². The van der Waals surface area contributed by atoms with E-state index in [9.17, 15) is 9.18 Å². The van der Waals surface area contributed by atoms with Crippen LogP contribution in [0, 0.1) is 5.82 Å². The molecular formula is C16H16ClFN2OS. The minimum Gasteiger partial charge on any atom is -0.334 e. The fraction of sp³-hybridized carbons (Fsp3) is 0.188. The van der Waals surface area contributed by atoms with Gasteiger partial charge in [-0.25, -0.2) is 9.18 Å². The van der Waals surface area contributed by atoms with Gasteiger partial charge in [-0.1, -0.05) is 29.8 Å². The molecule has 0 bridgehead atoms. The van der Waals surface area contributed by atoms with Crippen LogP contribution in [0.1, 0.15) is 11.1 Å².